The Kier molecular flexibility index (Phi) is 7.17. The van der Waals surface area contributed by atoms with Gasteiger partial charge >= 0.3 is 0 Å². The Morgan fingerprint density at radius 1 is 1.17 bits per heavy atom. The topological polar surface area (TPSA) is 90.4 Å². The van der Waals surface area contributed by atoms with Gasteiger partial charge in [-0.1, -0.05) is 31.4 Å². The summed E-state index contributed by atoms with van der Waals surface area (Å²) in [6.07, 6.45) is 9.69. The number of likely N-dealkylation sites (N-methyl/N-ethyl adjacent to an activating group) is 1. The number of hydrogen-bond acceptors (Lipinski definition) is 5. The standard InChI is InChI=1S/C27H41N3O5/c1-6-15-28(5)23(32)20-21-24(33)30(18(3)17-31)22(27(21)14-13-26(20,4)35-27)25(34)29(16-7-2)19-11-9-8-10-12-19/h6-7,18-22,31H,1-2,8-17H2,3-5H3/t18-,20+,21+,22?,26-,27?/m1/s1. The second kappa shape index (κ2) is 9.69. The highest BCUT2D eigenvalue weighted by atomic mass is 16.5. The van der Waals surface area contributed by atoms with E-state index in [2.05, 4.69) is 13.2 Å². The highest BCUT2D eigenvalue weighted by molar-refractivity contribution is 5.99. The molecule has 1 N–H and O–H groups in total. The summed E-state index contributed by atoms with van der Waals surface area (Å²) in [4.78, 5) is 47.0. The molecule has 1 saturated carbocycles. The Bertz CT molecular complexity index is 886. The Balaban J connectivity index is 1.77. The molecule has 0 aromatic carbocycles. The average Bonchev–Trinajstić information content (AvgIpc) is 3.42. The monoisotopic (exact) mass is 487 g/mol. The molecule has 35 heavy (non-hydrogen) atoms. The summed E-state index contributed by atoms with van der Waals surface area (Å²) >= 11 is 0. The minimum atomic E-state index is -1.07. The van der Waals surface area contributed by atoms with Crippen molar-refractivity contribution in [2.45, 2.75) is 88.1 Å². The number of aliphatic hydroxyl groups is 1. The summed E-state index contributed by atoms with van der Waals surface area (Å²) < 4.78 is 6.69. The van der Waals surface area contributed by atoms with Crippen molar-refractivity contribution in [1.29, 1.82) is 0 Å². The van der Waals surface area contributed by atoms with Crippen LogP contribution in [0.15, 0.2) is 25.3 Å². The predicted molar refractivity (Wildman–Crippen MR) is 132 cm³/mol. The molecule has 8 nitrogen and oxygen atoms in total. The van der Waals surface area contributed by atoms with E-state index < -0.39 is 35.1 Å². The van der Waals surface area contributed by atoms with E-state index in [1.807, 2.05) is 11.8 Å². The van der Waals surface area contributed by atoms with Crippen LogP contribution in [0, 0.1) is 11.8 Å². The fraction of sp³-hybridized carbons (Fsp3) is 0.741. The molecular weight excluding hydrogens is 446 g/mol. The third-order valence-corrected chi connectivity index (χ3v) is 8.86. The van der Waals surface area contributed by atoms with Crippen molar-refractivity contribution < 1.29 is 24.2 Å². The number of ether oxygens (including phenoxy) is 1. The van der Waals surface area contributed by atoms with Crippen molar-refractivity contribution in [2.24, 2.45) is 11.8 Å². The Hall–Kier alpha value is -2.19. The first-order valence-corrected chi connectivity index (χ1v) is 13.1. The zero-order valence-electron chi connectivity index (χ0n) is 21.4. The highest BCUT2D eigenvalue weighted by Crippen LogP contribution is 2.63. The first-order valence-electron chi connectivity index (χ1n) is 13.1. The van der Waals surface area contributed by atoms with E-state index in [1.165, 1.54) is 4.90 Å². The lowest BCUT2D eigenvalue weighted by molar-refractivity contribution is -0.157. The Labute approximate surface area is 208 Å². The number of carbonyl (C=O) groups is 3. The first-order chi connectivity index (χ1) is 16.7. The van der Waals surface area contributed by atoms with E-state index in [9.17, 15) is 19.5 Å². The lowest BCUT2D eigenvalue weighted by Gasteiger charge is -2.42. The minimum absolute atomic E-state index is 0.0939. The van der Waals surface area contributed by atoms with Gasteiger partial charge in [-0.25, -0.2) is 0 Å². The van der Waals surface area contributed by atoms with Crippen molar-refractivity contribution in [3.05, 3.63) is 25.3 Å². The first kappa shape index (κ1) is 25.9. The summed E-state index contributed by atoms with van der Waals surface area (Å²) in [7, 11) is 1.71. The van der Waals surface area contributed by atoms with Gasteiger partial charge in [0.2, 0.25) is 17.7 Å². The van der Waals surface area contributed by atoms with Crippen LogP contribution < -0.4 is 0 Å². The van der Waals surface area contributed by atoms with Crippen LogP contribution in [0.25, 0.3) is 0 Å². The lowest BCUT2D eigenvalue weighted by Crippen LogP contribution is -2.60. The maximum absolute atomic E-state index is 14.4. The van der Waals surface area contributed by atoms with Crippen molar-refractivity contribution in [2.75, 3.05) is 26.7 Å². The minimum Gasteiger partial charge on any atom is -0.394 e. The quantitative estimate of drug-likeness (QED) is 0.503. The van der Waals surface area contributed by atoms with E-state index in [0.717, 1.165) is 32.1 Å². The summed E-state index contributed by atoms with van der Waals surface area (Å²) in [5.41, 5.74) is -1.89. The number of hydrogen-bond donors (Lipinski definition) is 1. The lowest BCUT2D eigenvalue weighted by atomic mass is 9.66. The third-order valence-electron chi connectivity index (χ3n) is 8.86. The maximum Gasteiger partial charge on any atom is 0.248 e. The molecule has 4 fully saturated rings. The van der Waals surface area contributed by atoms with E-state index in [4.69, 9.17) is 4.74 Å². The van der Waals surface area contributed by atoms with Crippen LogP contribution in [0.5, 0.6) is 0 Å². The SMILES string of the molecule is C=CCN(C)C(=O)[C@@H]1[C@H]2C(=O)N([C@H](C)CO)C(C(=O)N(CC=C)C3CCCCC3)C23CC[C@@]1(C)O3. The molecular formula is C27H41N3O5. The molecule has 3 amide bonds. The molecule has 3 aliphatic heterocycles. The second-order valence-corrected chi connectivity index (χ2v) is 11.1. The van der Waals surface area contributed by atoms with Crippen molar-refractivity contribution in [3.8, 4) is 0 Å². The number of nitrogens with zero attached hydrogens (tertiary/aromatic N) is 3. The second-order valence-electron chi connectivity index (χ2n) is 11.1. The molecule has 3 heterocycles. The molecule has 0 aromatic rings. The van der Waals surface area contributed by atoms with Gasteiger partial charge < -0.3 is 24.5 Å². The van der Waals surface area contributed by atoms with Crippen molar-refractivity contribution in [3.63, 3.8) is 0 Å². The van der Waals surface area contributed by atoms with Crippen LogP contribution in [-0.2, 0) is 19.1 Å². The van der Waals surface area contributed by atoms with Crippen molar-refractivity contribution in [1.82, 2.24) is 14.7 Å². The van der Waals surface area contributed by atoms with E-state index in [0.29, 0.717) is 25.9 Å². The van der Waals surface area contributed by atoms with E-state index in [1.54, 1.807) is 31.0 Å². The number of carbonyl (C=O) groups excluding carboxylic acids is 3. The van der Waals surface area contributed by atoms with Crippen LogP contribution >= 0.6 is 0 Å². The predicted octanol–water partition coefficient (Wildman–Crippen LogP) is 2.12. The molecule has 4 aliphatic rings. The number of amides is 3. The molecule has 8 heteroatoms. The van der Waals surface area contributed by atoms with Gasteiger partial charge in [-0.05, 0) is 39.5 Å². The molecule has 1 aliphatic carbocycles. The van der Waals surface area contributed by atoms with Gasteiger partial charge in [-0.3, -0.25) is 14.4 Å². The fourth-order valence-electron chi connectivity index (χ4n) is 7.21. The molecule has 3 saturated heterocycles. The highest BCUT2D eigenvalue weighted by Gasteiger charge is 2.78. The number of aliphatic hydroxyl groups excluding tert-OH is 1. The molecule has 6 atom stereocenters. The van der Waals surface area contributed by atoms with E-state index >= 15 is 0 Å². The summed E-state index contributed by atoms with van der Waals surface area (Å²) in [5.74, 6) is -2.00. The largest absolute Gasteiger partial charge is 0.394 e. The summed E-state index contributed by atoms with van der Waals surface area (Å²) in [6.45, 7) is 11.8. The normalized spacial score (nSPS) is 35.0. The van der Waals surface area contributed by atoms with Gasteiger partial charge in [-0.2, -0.15) is 0 Å². The Morgan fingerprint density at radius 3 is 2.43 bits per heavy atom. The molecule has 1 spiro atoms. The van der Waals surface area contributed by atoms with Crippen LogP contribution in [0.4, 0.5) is 0 Å². The number of likely N-dealkylation sites (tertiary alicyclic amines) is 1. The molecule has 2 unspecified atom stereocenters. The summed E-state index contributed by atoms with van der Waals surface area (Å²) in [6, 6.07) is -1.34. The average molecular weight is 488 g/mol. The molecule has 2 bridgehead atoms. The summed E-state index contributed by atoms with van der Waals surface area (Å²) in [5, 5.41) is 10.1. The zero-order chi connectivity index (χ0) is 25.5. The number of fused-ring (bicyclic) bond motifs is 1. The maximum atomic E-state index is 14.4. The molecule has 0 aromatic heterocycles. The van der Waals surface area contributed by atoms with Crippen LogP contribution in [0.2, 0.25) is 0 Å². The fourth-order valence-corrected chi connectivity index (χ4v) is 7.21. The van der Waals surface area contributed by atoms with Gasteiger partial charge in [0.1, 0.15) is 11.6 Å². The Morgan fingerprint density at radius 2 is 1.83 bits per heavy atom. The number of rotatable bonds is 9. The van der Waals surface area contributed by atoms with Crippen LogP contribution in [0.1, 0.15) is 58.8 Å². The van der Waals surface area contributed by atoms with Gasteiger partial charge in [0, 0.05) is 26.2 Å². The molecule has 0 radical (unpaired) electrons. The smallest absolute Gasteiger partial charge is 0.248 e. The van der Waals surface area contributed by atoms with Gasteiger partial charge in [0.05, 0.1) is 30.1 Å². The van der Waals surface area contributed by atoms with Crippen LogP contribution in [0.3, 0.4) is 0 Å². The van der Waals surface area contributed by atoms with Gasteiger partial charge in [-0.15, -0.1) is 13.2 Å². The van der Waals surface area contributed by atoms with Gasteiger partial charge in [0.15, 0.2) is 0 Å². The van der Waals surface area contributed by atoms with Gasteiger partial charge in [0.25, 0.3) is 0 Å². The van der Waals surface area contributed by atoms with Crippen molar-refractivity contribution >= 4 is 17.7 Å². The third kappa shape index (κ3) is 3.93. The van der Waals surface area contributed by atoms with E-state index in [-0.39, 0.29) is 30.4 Å². The zero-order valence-corrected chi connectivity index (χ0v) is 21.4. The molecule has 4 rings (SSSR count). The van der Waals surface area contributed by atoms with Crippen LogP contribution in [-0.4, -0.2) is 93.6 Å². The molecule has 194 valence electrons.